The van der Waals surface area contributed by atoms with Gasteiger partial charge in [-0.2, -0.15) is 0 Å². The number of nitrogens with one attached hydrogen (secondary N) is 1. The van der Waals surface area contributed by atoms with E-state index in [1.165, 1.54) is 5.48 Å². The van der Waals surface area contributed by atoms with Crippen LogP contribution < -0.4 is 11.2 Å². The topological polar surface area (TPSA) is 113 Å². The van der Waals surface area contributed by atoms with E-state index in [4.69, 9.17) is 16.0 Å². The zero-order chi connectivity index (χ0) is 8.15. The molecule has 1 amide bonds. The van der Waals surface area contributed by atoms with Gasteiger partial charge in [0, 0.05) is 0 Å². The lowest BCUT2D eigenvalue weighted by Gasteiger charge is -2.02. The molecule has 0 saturated heterocycles. The summed E-state index contributed by atoms with van der Waals surface area (Å²) in [7, 11) is 0. The fourth-order valence-electron chi connectivity index (χ4n) is 0.333. The first kappa shape index (κ1) is 12.8. The summed E-state index contributed by atoms with van der Waals surface area (Å²) in [5.41, 5.74) is 6.19. The van der Waals surface area contributed by atoms with E-state index < -0.39 is 24.3 Å². The third kappa shape index (κ3) is 5.59. The van der Waals surface area contributed by atoms with E-state index in [0.717, 1.165) is 0 Å². The van der Waals surface area contributed by atoms with Crippen LogP contribution in [-0.2, 0) is 9.59 Å². The van der Waals surface area contributed by atoms with Crippen molar-refractivity contribution in [2.45, 2.75) is 12.5 Å². The molecule has 0 aliphatic rings. The van der Waals surface area contributed by atoms with Crippen LogP contribution in [0.1, 0.15) is 6.42 Å². The number of nitrogens with two attached hydrogens (primary N) is 1. The van der Waals surface area contributed by atoms with Crippen LogP contribution in [0.2, 0.25) is 0 Å². The van der Waals surface area contributed by atoms with Crippen molar-refractivity contribution >= 4 is 24.3 Å². The van der Waals surface area contributed by atoms with Gasteiger partial charge < -0.3 is 10.8 Å². The van der Waals surface area contributed by atoms with Crippen molar-refractivity contribution in [2.24, 2.45) is 5.73 Å². The molecule has 5 N–H and O–H groups in total. The minimum atomic E-state index is -1.27. The highest BCUT2D eigenvalue weighted by molar-refractivity contribution is 5.85. The summed E-state index contributed by atoms with van der Waals surface area (Å²) in [4.78, 5) is 20.2. The van der Waals surface area contributed by atoms with Crippen molar-refractivity contribution in [3.63, 3.8) is 0 Å². The first-order valence-electron chi connectivity index (χ1n) is 2.49. The van der Waals surface area contributed by atoms with Crippen molar-refractivity contribution < 1.29 is 19.9 Å². The Labute approximate surface area is 68.7 Å². The van der Waals surface area contributed by atoms with Crippen molar-refractivity contribution in [2.75, 3.05) is 0 Å². The SMILES string of the molecule is Cl.N[C@@H](CC(=O)NO)C(=O)O. The maximum absolute atomic E-state index is 10.2. The van der Waals surface area contributed by atoms with Crippen LogP contribution in [0.4, 0.5) is 0 Å². The molecular formula is C4H9ClN2O4. The summed E-state index contributed by atoms with van der Waals surface area (Å²) in [6, 6.07) is -1.26. The molecule has 0 aromatic rings. The Bertz CT molecular complexity index is 151. The number of carbonyl (C=O) groups is 2. The fourth-order valence-corrected chi connectivity index (χ4v) is 0.333. The molecule has 0 aliphatic heterocycles. The average Bonchev–Trinajstić information content (AvgIpc) is 1.87. The second-order valence-electron chi connectivity index (χ2n) is 1.68. The van der Waals surface area contributed by atoms with Crippen LogP contribution in [0.25, 0.3) is 0 Å². The Morgan fingerprint density at radius 3 is 2.27 bits per heavy atom. The average molecular weight is 185 g/mol. The Kier molecular flexibility index (Phi) is 6.86. The lowest BCUT2D eigenvalue weighted by atomic mass is 10.2. The Morgan fingerprint density at radius 1 is 1.55 bits per heavy atom. The largest absolute Gasteiger partial charge is 0.480 e. The van der Waals surface area contributed by atoms with Gasteiger partial charge in [0.15, 0.2) is 0 Å². The molecule has 0 radical (unpaired) electrons. The van der Waals surface area contributed by atoms with Gasteiger partial charge in [-0.1, -0.05) is 0 Å². The molecule has 7 heteroatoms. The van der Waals surface area contributed by atoms with Gasteiger partial charge in [0.2, 0.25) is 5.91 Å². The third-order valence-corrected chi connectivity index (χ3v) is 0.847. The van der Waals surface area contributed by atoms with E-state index >= 15 is 0 Å². The molecule has 0 saturated carbocycles. The van der Waals surface area contributed by atoms with E-state index in [9.17, 15) is 9.59 Å². The highest BCUT2D eigenvalue weighted by Gasteiger charge is 2.14. The van der Waals surface area contributed by atoms with E-state index in [1.54, 1.807) is 0 Å². The number of rotatable bonds is 3. The van der Waals surface area contributed by atoms with Crippen molar-refractivity contribution in [1.29, 1.82) is 0 Å². The molecule has 0 aromatic heterocycles. The zero-order valence-electron chi connectivity index (χ0n) is 5.48. The van der Waals surface area contributed by atoms with Crippen molar-refractivity contribution in [1.82, 2.24) is 5.48 Å². The minimum Gasteiger partial charge on any atom is -0.480 e. The number of carboxylic acid groups (broad SMARTS) is 1. The zero-order valence-corrected chi connectivity index (χ0v) is 6.30. The first-order chi connectivity index (χ1) is 4.57. The van der Waals surface area contributed by atoms with Gasteiger partial charge in [-0.05, 0) is 0 Å². The molecule has 66 valence electrons. The van der Waals surface area contributed by atoms with Gasteiger partial charge in [0.1, 0.15) is 6.04 Å². The molecule has 1 atom stereocenters. The van der Waals surface area contributed by atoms with E-state index in [2.05, 4.69) is 0 Å². The number of carbonyl (C=O) groups excluding carboxylic acids is 1. The quantitative estimate of drug-likeness (QED) is 0.322. The number of aliphatic carboxylic acids is 1. The molecule has 0 fully saturated rings. The molecule has 0 aromatic carbocycles. The molecular weight excluding hydrogens is 176 g/mol. The number of halogens is 1. The van der Waals surface area contributed by atoms with Crippen molar-refractivity contribution in [3.05, 3.63) is 0 Å². The second-order valence-corrected chi connectivity index (χ2v) is 1.68. The monoisotopic (exact) mass is 184 g/mol. The molecule has 0 rings (SSSR count). The molecule has 11 heavy (non-hydrogen) atoms. The molecule has 0 aliphatic carbocycles. The fraction of sp³-hybridized carbons (Fsp3) is 0.500. The van der Waals surface area contributed by atoms with Gasteiger partial charge in [-0.15, -0.1) is 12.4 Å². The predicted molar refractivity (Wildman–Crippen MR) is 37.4 cm³/mol. The highest BCUT2D eigenvalue weighted by Crippen LogP contribution is 1.86. The number of hydroxylamine groups is 1. The molecule has 6 nitrogen and oxygen atoms in total. The number of carboxylic acids is 1. The van der Waals surface area contributed by atoms with Crippen LogP contribution in [-0.4, -0.2) is 28.2 Å². The van der Waals surface area contributed by atoms with Crippen LogP contribution in [0.5, 0.6) is 0 Å². The van der Waals surface area contributed by atoms with Crippen LogP contribution in [0, 0.1) is 0 Å². The number of amides is 1. The third-order valence-electron chi connectivity index (χ3n) is 0.847. The normalized spacial score (nSPS) is 11.1. The molecule has 0 heterocycles. The van der Waals surface area contributed by atoms with E-state index in [0.29, 0.717) is 0 Å². The van der Waals surface area contributed by atoms with Crippen LogP contribution in [0.3, 0.4) is 0 Å². The van der Waals surface area contributed by atoms with Crippen molar-refractivity contribution in [3.8, 4) is 0 Å². The van der Waals surface area contributed by atoms with Crippen LogP contribution in [0.15, 0.2) is 0 Å². The highest BCUT2D eigenvalue weighted by atomic mass is 35.5. The second kappa shape index (κ2) is 5.90. The summed E-state index contributed by atoms with van der Waals surface area (Å²) in [5.74, 6) is -2.08. The summed E-state index contributed by atoms with van der Waals surface area (Å²) < 4.78 is 0. The standard InChI is InChI=1S/C4H8N2O4.ClH/c5-2(4(8)9)1-3(7)6-10;/h2,10H,1,5H2,(H,6,7)(H,8,9);1H/t2-;/m0./s1. The Morgan fingerprint density at radius 2 is 2.00 bits per heavy atom. The minimum absolute atomic E-state index is 0. The molecule has 0 bridgehead atoms. The molecule has 0 unspecified atom stereocenters. The summed E-state index contributed by atoms with van der Waals surface area (Å²) in [6.45, 7) is 0. The smallest absolute Gasteiger partial charge is 0.321 e. The predicted octanol–water partition coefficient (Wildman–Crippen LogP) is -1.28. The van der Waals surface area contributed by atoms with Crippen LogP contribution >= 0.6 is 12.4 Å². The van der Waals surface area contributed by atoms with Gasteiger partial charge in [-0.25, -0.2) is 5.48 Å². The van der Waals surface area contributed by atoms with Gasteiger partial charge >= 0.3 is 5.97 Å². The Balaban J connectivity index is 0. The Hall–Kier alpha value is -0.850. The van der Waals surface area contributed by atoms with E-state index in [-0.39, 0.29) is 12.4 Å². The summed E-state index contributed by atoms with van der Waals surface area (Å²) in [5, 5.41) is 16.1. The van der Waals surface area contributed by atoms with Gasteiger partial charge in [0.25, 0.3) is 0 Å². The molecule has 0 spiro atoms. The summed E-state index contributed by atoms with van der Waals surface area (Å²) >= 11 is 0. The number of hydrogen-bond donors (Lipinski definition) is 4. The maximum Gasteiger partial charge on any atom is 0.321 e. The van der Waals surface area contributed by atoms with Gasteiger partial charge in [0.05, 0.1) is 6.42 Å². The maximum atomic E-state index is 10.2. The lowest BCUT2D eigenvalue weighted by molar-refractivity contribution is -0.141. The number of hydrogen-bond acceptors (Lipinski definition) is 4. The first-order valence-corrected chi connectivity index (χ1v) is 2.49. The van der Waals surface area contributed by atoms with Gasteiger partial charge in [-0.3, -0.25) is 14.8 Å². The lowest BCUT2D eigenvalue weighted by Crippen LogP contribution is -2.35. The van der Waals surface area contributed by atoms with E-state index in [1.807, 2.05) is 0 Å². The summed E-state index contributed by atoms with van der Waals surface area (Å²) in [6.07, 6.45) is -0.425.